The fraction of sp³-hybridized carbons (Fsp3) is 0.303. The molecule has 0 unspecified atom stereocenters. The van der Waals surface area contributed by atoms with Crippen LogP contribution in [0.4, 0.5) is 4.79 Å². The first-order valence-corrected chi connectivity index (χ1v) is 15.9. The number of hydrogen-bond acceptors (Lipinski definition) is 10. The van der Waals surface area contributed by atoms with E-state index in [0.717, 1.165) is 5.56 Å². The van der Waals surface area contributed by atoms with Crippen molar-refractivity contribution in [3.63, 3.8) is 0 Å². The number of allylic oxidation sites excluding steroid dienone is 1. The van der Waals surface area contributed by atoms with Gasteiger partial charge >= 0.3 is 12.0 Å². The van der Waals surface area contributed by atoms with Crippen LogP contribution in [-0.4, -0.2) is 56.5 Å². The molecule has 0 spiro atoms. The zero-order chi connectivity index (χ0) is 33.9. The summed E-state index contributed by atoms with van der Waals surface area (Å²) in [6.45, 7) is 6.14. The second kappa shape index (κ2) is 16.9. The van der Waals surface area contributed by atoms with E-state index in [1.54, 1.807) is 37.3 Å². The molecule has 47 heavy (non-hydrogen) atoms. The zero-order valence-corrected chi connectivity index (χ0v) is 28.6. The van der Waals surface area contributed by atoms with E-state index in [2.05, 4.69) is 37.1 Å². The molecule has 250 valence electrons. The number of ether oxygens (including phenoxy) is 5. The Kier molecular flexibility index (Phi) is 12.7. The maximum absolute atomic E-state index is 12.5. The van der Waals surface area contributed by atoms with Crippen molar-refractivity contribution in [2.24, 2.45) is 5.10 Å². The van der Waals surface area contributed by atoms with E-state index in [9.17, 15) is 14.7 Å². The van der Waals surface area contributed by atoms with Crippen LogP contribution in [0.5, 0.6) is 23.0 Å². The molecule has 1 aliphatic heterocycles. The Labute approximate surface area is 286 Å². The smallest absolute Gasteiger partial charge is 0.337 e. The minimum absolute atomic E-state index is 0.171. The second-order valence-electron chi connectivity index (χ2n) is 10.1. The third kappa shape index (κ3) is 9.31. The summed E-state index contributed by atoms with van der Waals surface area (Å²) in [6, 6.07) is 14.8. The number of nitrogens with zero attached hydrogens (tertiary/aromatic N) is 1. The van der Waals surface area contributed by atoms with Crippen LogP contribution in [0.3, 0.4) is 0 Å². The van der Waals surface area contributed by atoms with Crippen LogP contribution in [0.15, 0.2) is 75.4 Å². The van der Waals surface area contributed by atoms with Crippen LogP contribution >= 0.6 is 27.5 Å². The number of carbonyl (C=O) groups excluding carboxylic acids is 2. The number of rotatable bonds is 15. The molecule has 12 nitrogen and oxygen atoms in total. The molecule has 0 aromatic heterocycles. The lowest BCUT2D eigenvalue weighted by atomic mass is 9.95. The van der Waals surface area contributed by atoms with Gasteiger partial charge in [-0.05, 0) is 78.2 Å². The SMILES string of the molecule is CCOc1cc([C@@H]2NC(=O)NC(C)=C2C(=O)OC)ccc1OC[C@H](O)N/N=C/c1cc(Br)c(OCc2ccccc2Cl)c(OCC)c1. The maximum Gasteiger partial charge on any atom is 0.337 e. The Morgan fingerprint density at radius 2 is 1.81 bits per heavy atom. The van der Waals surface area contributed by atoms with Crippen LogP contribution in [0.1, 0.15) is 43.5 Å². The minimum atomic E-state index is -1.17. The van der Waals surface area contributed by atoms with Gasteiger partial charge in [0.15, 0.2) is 29.2 Å². The summed E-state index contributed by atoms with van der Waals surface area (Å²) in [5.41, 5.74) is 5.39. The van der Waals surface area contributed by atoms with Gasteiger partial charge < -0.3 is 39.4 Å². The fourth-order valence-electron chi connectivity index (χ4n) is 4.65. The molecule has 2 atom stereocenters. The van der Waals surface area contributed by atoms with Crippen molar-refractivity contribution in [2.45, 2.75) is 39.6 Å². The highest BCUT2D eigenvalue weighted by atomic mass is 79.9. The number of urea groups is 1. The van der Waals surface area contributed by atoms with E-state index in [1.807, 2.05) is 38.1 Å². The first-order chi connectivity index (χ1) is 22.6. The van der Waals surface area contributed by atoms with Gasteiger partial charge in [-0.15, -0.1) is 0 Å². The van der Waals surface area contributed by atoms with Gasteiger partial charge in [-0.2, -0.15) is 5.10 Å². The molecule has 4 N–H and O–H groups in total. The normalized spacial score (nSPS) is 15.0. The Morgan fingerprint density at radius 1 is 1.06 bits per heavy atom. The van der Waals surface area contributed by atoms with Crippen molar-refractivity contribution in [1.29, 1.82) is 0 Å². The minimum Gasteiger partial charge on any atom is -0.490 e. The summed E-state index contributed by atoms with van der Waals surface area (Å²) in [6.07, 6.45) is 0.352. The molecular weight excluding hydrogens is 696 g/mol. The molecule has 1 aliphatic rings. The Morgan fingerprint density at radius 3 is 2.53 bits per heavy atom. The number of hydrogen-bond donors (Lipinski definition) is 4. The maximum atomic E-state index is 12.5. The number of methoxy groups -OCH3 is 1. The number of carbonyl (C=O) groups is 2. The van der Waals surface area contributed by atoms with E-state index in [4.69, 9.17) is 35.3 Å². The number of amides is 2. The van der Waals surface area contributed by atoms with Gasteiger partial charge in [0.2, 0.25) is 0 Å². The lowest BCUT2D eigenvalue weighted by Crippen LogP contribution is -2.45. The fourth-order valence-corrected chi connectivity index (χ4v) is 5.42. The molecule has 1 heterocycles. The number of aliphatic hydroxyl groups is 1. The number of nitrogens with one attached hydrogen (secondary N) is 3. The number of halogens is 2. The number of esters is 1. The summed E-state index contributed by atoms with van der Waals surface area (Å²) >= 11 is 9.82. The predicted octanol–water partition coefficient (Wildman–Crippen LogP) is 5.60. The summed E-state index contributed by atoms with van der Waals surface area (Å²) in [7, 11) is 1.27. The zero-order valence-electron chi connectivity index (χ0n) is 26.3. The molecular formula is C33H36BrClN4O8. The predicted molar refractivity (Wildman–Crippen MR) is 180 cm³/mol. The Hall–Kier alpha value is -4.46. The molecule has 0 saturated carbocycles. The lowest BCUT2D eigenvalue weighted by Gasteiger charge is -2.28. The van der Waals surface area contributed by atoms with Crippen LogP contribution in [0.25, 0.3) is 0 Å². The van der Waals surface area contributed by atoms with E-state index in [0.29, 0.717) is 62.5 Å². The molecule has 14 heteroatoms. The standard InChI is InChI=1S/C33H36BrClN4O8/c1-5-44-26-15-21(30-29(32(41)43-4)19(3)37-33(42)38-30)11-12-25(26)46-18-28(40)39-36-16-20-13-23(34)31(27(14-20)45-6-2)47-17-22-9-7-8-10-24(22)35/h7-16,28,30,39-40H,5-6,17-18H2,1-4H3,(H2,37,38,42)/b36-16+/t28-,30-/m0/s1. The largest absolute Gasteiger partial charge is 0.490 e. The van der Waals surface area contributed by atoms with E-state index in [1.165, 1.54) is 13.3 Å². The first-order valence-electron chi connectivity index (χ1n) is 14.7. The average molecular weight is 732 g/mol. The molecule has 3 aromatic carbocycles. The molecule has 0 aliphatic carbocycles. The topological polar surface area (TPSA) is 149 Å². The van der Waals surface area contributed by atoms with Crippen LogP contribution in [0, 0.1) is 0 Å². The molecule has 2 amide bonds. The van der Waals surface area contributed by atoms with Crippen molar-refractivity contribution < 1.29 is 38.4 Å². The Balaban J connectivity index is 1.40. The van der Waals surface area contributed by atoms with Gasteiger partial charge in [-0.1, -0.05) is 35.9 Å². The molecule has 3 aromatic rings. The van der Waals surface area contributed by atoms with Crippen molar-refractivity contribution >= 4 is 45.7 Å². The highest BCUT2D eigenvalue weighted by molar-refractivity contribution is 9.10. The number of aliphatic hydroxyl groups excluding tert-OH is 1. The summed E-state index contributed by atoms with van der Waals surface area (Å²) in [5.74, 6) is 1.17. The summed E-state index contributed by atoms with van der Waals surface area (Å²) in [4.78, 5) is 24.7. The van der Waals surface area contributed by atoms with Gasteiger partial charge in [0, 0.05) is 16.3 Å². The third-order valence-electron chi connectivity index (χ3n) is 6.77. The van der Waals surface area contributed by atoms with Gasteiger partial charge in [0.25, 0.3) is 0 Å². The number of benzene rings is 3. The van der Waals surface area contributed by atoms with Gasteiger partial charge in [-0.25, -0.2) is 9.59 Å². The molecule has 0 fully saturated rings. The lowest BCUT2D eigenvalue weighted by molar-refractivity contribution is -0.136. The van der Waals surface area contributed by atoms with Crippen LogP contribution in [-0.2, 0) is 16.1 Å². The van der Waals surface area contributed by atoms with Gasteiger partial charge in [0.05, 0.1) is 42.6 Å². The summed E-state index contributed by atoms with van der Waals surface area (Å²) in [5, 5.41) is 20.6. The van der Waals surface area contributed by atoms with E-state index >= 15 is 0 Å². The molecule has 0 bridgehead atoms. The van der Waals surface area contributed by atoms with E-state index < -0.39 is 24.3 Å². The van der Waals surface area contributed by atoms with E-state index in [-0.39, 0.29) is 18.8 Å². The van der Waals surface area contributed by atoms with Gasteiger partial charge in [-0.3, -0.25) is 5.43 Å². The number of hydrazone groups is 1. The molecule has 0 saturated heterocycles. The molecule has 0 radical (unpaired) electrons. The van der Waals surface area contributed by atoms with Crippen molar-refractivity contribution in [3.8, 4) is 23.0 Å². The van der Waals surface area contributed by atoms with Crippen molar-refractivity contribution in [2.75, 3.05) is 26.9 Å². The second-order valence-corrected chi connectivity index (χ2v) is 11.3. The quantitative estimate of drug-likeness (QED) is 0.0679. The van der Waals surface area contributed by atoms with Crippen LogP contribution < -0.4 is 35.0 Å². The average Bonchev–Trinajstić information content (AvgIpc) is 3.04. The van der Waals surface area contributed by atoms with Crippen molar-refractivity contribution in [1.82, 2.24) is 16.1 Å². The molecule has 4 rings (SSSR count). The highest BCUT2D eigenvalue weighted by Gasteiger charge is 2.32. The third-order valence-corrected chi connectivity index (χ3v) is 7.73. The van der Waals surface area contributed by atoms with Crippen LogP contribution in [0.2, 0.25) is 5.02 Å². The monoisotopic (exact) mass is 730 g/mol. The van der Waals surface area contributed by atoms with Crippen molar-refractivity contribution in [3.05, 3.63) is 92.1 Å². The summed E-state index contributed by atoms with van der Waals surface area (Å²) < 4.78 is 29.0. The first kappa shape index (κ1) is 35.4. The Bertz CT molecular complexity index is 1650. The van der Waals surface area contributed by atoms with Gasteiger partial charge in [0.1, 0.15) is 13.2 Å². The highest BCUT2D eigenvalue weighted by Crippen LogP contribution is 2.38.